The number of alkyl halides is 2. The Morgan fingerprint density at radius 1 is 1.00 bits per heavy atom. The molecule has 2 N–H and O–H groups in total. The van der Waals surface area contributed by atoms with Crippen LogP contribution in [0.3, 0.4) is 0 Å². The second kappa shape index (κ2) is 9.43. The molecule has 4 aliphatic rings. The third-order valence-electron chi connectivity index (χ3n) is 7.70. The first-order chi connectivity index (χ1) is 16.3. The molecule has 7 heteroatoms. The van der Waals surface area contributed by atoms with Crippen LogP contribution in [-0.2, 0) is 16.1 Å². The van der Waals surface area contributed by atoms with E-state index in [1.807, 2.05) is 60.7 Å². The minimum atomic E-state index is -0.622. The topological polar surface area (TPSA) is 67.4 Å². The molecule has 5 nitrogen and oxygen atoms in total. The van der Waals surface area contributed by atoms with Crippen molar-refractivity contribution < 1.29 is 14.3 Å². The van der Waals surface area contributed by atoms with Crippen molar-refractivity contribution in [3.05, 3.63) is 71.8 Å². The Hall–Kier alpha value is -2.24. The van der Waals surface area contributed by atoms with Gasteiger partial charge < -0.3 is 15.4 Å². The van der Waals surface area contributed by atoms with Crippen LogP contribution < -0.4 is 10.6 Å². The summed E-state index contributed by atoms with van der Waals surface area (Å²) in [5, 5.41) is 5.76. The molecule has 4 bridgehead atoms. The zero-order valence-electron chi connectivity index (χ0n) is 19.0. The standard InChI is InChI=1S/C27H30Cl2N2O3/c28-26-12-19-11-21(14-26)23(27(29,13-19)17-26)24(20-9-5-2-6-10-20)31-22(32)15-30-25(33)34-16-18-7-3-1-4-8-18/h1-10,19,21,23-24H,11-17H2,(H,30,33)(H,31,32)/t19-,21-,23+,24-,26-,27-/m0/s1. The minimum absolute atomic E-state index is 0.0916. The van der Waals surface area contributed by atoms with Crippen LogP contribution in [-0.4, -0.2) is 28.3 Å². The second-order valence-corrected chi connectivity index (χ2v) is 11.8. The van der Waals surface area contributed by atoms with Crippen molar-refractivity contribution >= 4 is 35.2 Å². The zero-order valence-corrected chi connectivity index (χ0v) is 20.5. The zero-order chi connectivity index (χ0) is 23.8. The molecular weight excluding hydrogens is 471 g/mol. The predicted octanol–water partition coefficient (Wildman–Crippen LogP) is 5.57. The van der Waals surface area contributed by atoms with Gasteiger partial charge in [0.05, 0.1) is 10.9 Å². The van der Waals surface area contributed by atoms with Gasteiger partial charge in [-0.3, -0.25) is 4.79 Å². The summed E-state index contributed by atoms with van der Waals surface area (Å²) >= 11 is 14.3. The van der Waals surface area contributed by atoms with Crippen molar-refractivity contribution in [2.24, 2.45) is 17.8 Å². The van der Waals surface area contributed by atoms with E-state index in [4.69, 9.17) is 27.9 Å². The lowest BCUT2D eigenvalue weighted by Gasteiger charge is -2.63. The summed E-state index contributed by atoms with van der Waals surface area (Å²) in [6, 6.07) is 19.2. The molecule has 4 fully saturated rings. The first kappa shape index (κ1) is 23.5. The molecule has 2 aromatic carbocycles. The summed E-state index contributed by atoms with van der Waals surface area (Å²) in [6.45, 7) is -0.00745. The molecule has 0 unspecified atom stereocenters. The number of amides is 2. The number of carbonyl (C=O) groups is 2. The Balaban J connectivity index is 1.25. The third kappa shape index (κ3) is 4.92. The largest absolute Gasteiger partial charge is 0.445 e. The van der Waals surface area contributed by atoms with Crippen molar-refractivity contribution in [1.29, 1.82) is 0 Å². The van der Waals surface area contributed by atoms with Crippen molar-refractivity contribution in [3.63, 3.8) is 0 Å². The minimum Gasteiger partial charge on any atom is -0.445 e. The summed E-state index contributed by atoms with van der Waals surface area (Å²) in [7, 11) is 0. The van der Waals surface area contributed by atoms with Crippen LogP contribution in [0.1, 0.15) is 49.3 Å². The number of alkyl carbamates (subject to hydrolysis) is 1. The Morgan fingerprint density at radius 3 is 2.38 bits per heavy atom. The van der Waals surface area contributed by atoms with Crippen molar-refractivity contribution in [2.75, 3.05) is 6.54 Å². The number of hydrogen-bond acceptors (Lipinski definition) is 3. The SMILES string of the molecule is O=C(CNC(=O)OCc1ccccc1)N[C@@H](c1ccccc1)[C@H]1[C@H]2C[C@H]3C[C@](Cl)(C2)C[C@@]1(Cl)C3. The van der Waals surface area contributed by atoms with E-state index in [2.05, 4.69) is 10.6 Å². The van der Waals surface area contributed by atoms with Crippen LogP contribution >= 0.6 is 23.2 Å². The van der Waals surface area contributed by atoms with E-state index < -0.39 is 11.0 Å². The molecule has 2 amide bonds. The van der Waals surface area contributed by atoms with Gasteiger partial charge in [0, 0.05) is 10.8 Å². The molecule has 180 valence electrons. The molecular formula is C27H30Cl2N2O3. The summed E-state index contributed by atoms with van der Waals surface area (Å²) in [5.74, 6) is 0.756. The lowest BCUT2D eigenvalue weighted by molar-refractivity contribution is -0.122. The highest BCUT2D eigenvalue weighted by molar-refractivity contribution is 6.28. The smallest absolute Gasteiger partial charge is 0.407 e. The molecule has 34 heavy (non-hydrogen) atoms. The van der Waals surface area contributed by atoms with Gasteiger partial charge in [0.1, 0.15) is 13.2 Å². The fraction of sp³-hybridized carbons (Fsp3) is 0.481. The van der Waals surface area contributed by atoms with Crippen molar-refractivity contribution in [3.8, 4) is 0 Å². The maximum absolute atomic E-state index is 13.0. The summed E-state index contributed by atoms with van der Waals surface area (Å²) in [4.78, 5) is 24.4. The predicted molar refractivity (Wildman–Crippen MR) is 133 cm³/mol. The average Bonchev–Trinajstić information content (AvgIpc) is 2.80. The first-order valence-corrected chi connectivity index (χ1v) is 12.8. The van der Waals surface area contributed by atoms with Gasteiger partial charge >= 0.3 is 6.09 Å². The summed E-state index contributed by atoms with van der Waals surface area (Å²) < 4.78 is 5.22. The second-order valence-electron chi connectivity index (χ2n) is 10.2. The highest BCUT2D eigenvalue weighted by Gasteiger charge is 2.63. The molecule has 4 aliphatic carbocycles. The van der Waals surface area contributed by atoms with Crippen LogP contribution in [0.4, 0.5) is 4.79 Å². The summed E-state index contributed by atoms with van der Waals surface area (Å²) in [5.41, 5.74) is 1.92. The van der Waals surface area contributed by atoms with E-state index in [1.54, 1.807) is 0 Å². The molecule has 0 radical (unpaired) electrons. The fourth-order valence-corrected chi connectivity index (χ4v) is 8.26. The van der Waals surface area contributed by atoms with Gasteiger partial charge in [-0.1, -0.05) is 60.7 Å². The maximum atomic E-state index is 13.0. The average molecular weight is 501 g/mol. The maximum Gasteiger partial charge on any atom is 0.407 e. The van der Waals surface area contributed by atoms with Crippen molar-refractivity contribution in [2.45, 2.75) is 54.5 Å². The Kier molecular flexibility index (Phi) is 6.51. The molecule has 0 aliphatic heterocycles. The lowest BCUT2D eigenvalue weighted by atomic mass is 9.49. The molecule has 6 atom stereocenters. The third-order valence-corrected chi connectivity index (χ3v) is 8.69. The fourth-order valence-electron chi connectivity index (χ4n) is 6.76. The Labute approximate surface area is 210 Å². The monoisotopic (exact) mass is 500 g/mol. The van der Waals surface area contributed by atoms with E-state index in [0.717, 1.165) is 43.2 Å². The van der Waals surface area contributed by atoms with Crippen LogP contribution in [0.2, 0.25) is 0 Å². The normalized spacial score (nSPS) is 32.1. The number of ether oxygens (including phenoxy) is 1. The molecule has 4 saturated carbocycles. The summed E-state index contributed by atoms with van der Waals surface area (Å²) in [6.07, 6.45) is 4.17. The van der Waals surface area contributed by atoms with Crippen LogP contribution in [0.5, 0.6) is 0 Å². The number of halogens is 2. The molecule has 6 rings (SSSR count). The Bertz CT molecular complexity index is 1040. The van der Waals surface area contributed by atoms with E-state index in [9.17, 15) is 9.59 Å². The highest BCUT2D eigenvalue weighted by atomic mass is 35.5. The van der Waals surface area contributed by atoms with Gasteiger partial charge in [-0.2, -0.15) is 0 Å². The molecule has 0 heterocycles. The number of carbonyl (C=O) groups excluding carboxylic acids is 2. The quantitative estimate of drug-likeness (QED) is 0.488. The van der Waals surface area contributed by atoms with Gasteiger partial charge in [0.25, 0.3) is 0 Å². The van der Waals surface area contributed by atoms with E-state index in [-0.39, 0.29) is 35.9 Å². The van der Waals surface area contributed by atoms with Crippen LogP contribution in [0.15, 0.2) is 60.7 Å². The number of hydrogen-bond donors (Lipinski definition) is 2. The van der Waals surface area contributed by atoms with Gasteiger partial charge in [0.2, 0.25) is 5.91 Å². The van der Waals surface area contributed by atoms with E-state index in [0.29, 0.717) is 11.8 Å². The van der Waals surface area contributed by atoms with Crippen molar-refractivity contribution in [1.82, 2.24) is 10.6 Å². The van der Waals surface area contributed by atoms with E-state index >= 15 is 0 Å². The molecule has 0 aromatic heterocycles. The van der Waals surface area contributed by atoms with Crippen LogP contribution in [0.25, 0.3) is 0 Å². The van der Waals surface area contributed by atoms with Gasteiger partial charge in [-0.25, -0.2) is 4.79 Å². The molecule has 0 saturated heterocycles. The number of rotatable bonds is 7. The van der Waals surface area contributed by atoms with Gasteiger partial charge in [0.15, 0.2) is 0 Å². The van der Waals surface area contributed by atoms with Crippen LogP contribution in [0, 0.1) is 17.8 Å². The number of benzene rings is 2. The van der Waals surface area contributed by atoms with E-state index in [1.165, 1.54) is 0 Å². The first-order valence-electron chi connectivity index (χ1n) is 12.0. The number of nitrogens with one attached hydrogen (secondary N) is 2. The highest BCUT2D eigenvalue weighted by Crippen LogP contribution is 2.66. The molecule has 2 aromatic rings. The molecule has 0 spiro atoms. The lowest BCUT2D eigenvalue weighted by Crippen LogP contribution is -2.62. The Morgan fingerprint density at radius 2 is 1.71 bits per heavy atom. The van der Waals surface area contributed by atoms with Gasteiger partial charge in [-0.15, -0.1) is 23.2 Å². The van der Waals surface area contributed by atoms with Gasteiger partial charge in [-0.05, 0) is 55.1 Å².